The van der Waals surface area contributed by atoms with Crippen LogP contribution in [-0.2, 0) is 0 Å². The summed E-state index contributed by atoms with van der Waals surface area (Å²) in [5.74, 6) is 2.85. The van der Waals surface area contributed by atoms with Gasteiger partial charge in [-0.1, -0.05) is 6.42 Å². The lowest BCUT2D eigenvalue weighted by molar-refractivity contribution is 0.0914. The summed E-state index contributed by atoms with van der Waals surface area (Å²) in [6.45, 7) is 0.820. The predicted molar refractivity (Wildman–Crippen MR) is 60.0 cm³/mol. The number of hydrogen-bond donors (Lipinski definition) is 1. The third-order valence-electron chi connectivity index (χ3n) is 4.15. The quantitative estimate of drug-likeness (QED) is 0.848. The van der Waals surface area contributed by atoms with Gasteiger partial charge in [-0.05, 0) is 49.1 Å². The molecule has 3 nitrogen and oxygen atoms in total. The highest BCUT2D eigenvalue weighted by Crippen LogP contribution is 2.47. The Bertz CT molecular complexity index is 371. The zero-order chi connectivity index (χ0) is 11.0. The second-order valence-electron chi connectivity index (χ2n) is 5.12. The summed E-state index contributed by atoms with van der Waals surface area (Å²) in [7, 11) is 0. The van der Waals surface area contributed by atoms with Crippen molar-refractivity contribution in [3.05, 3.63) is 24.2 Å². The van der Waals surface area contributed by atoms with Crippen LogP contribution in [0.15, 0.2) is 22.8 Å². The van der Waals surface area contributed by atoms with Crippen molar-refractivity contribution in [1.29, 1.82) is 0 Å². The lowest BCUT2D eigenvalue weighted by Gasteiger charge is -2.21. The molecule has 0 unspecified atom stereocenters. The number of carbonyl (C=O) groups excluding carboxylic acids is 1. The minimum atomic E-state index is -0.0761. The highest BCUT2D eigenvalue weighted by Gasteiger charge is 2.39. The lowest BCUT2D eigenvalue weighted by atomic mass is 9.89. The monoisotopic (exact) mass is 219 g/mol. The van der Waals surface area contributed by atoms with Crippen LogP contribution < -0.4 is 5.32 Å². The van der Waals surface area contributed by atoms with Gasteiger partial charge in [-0.2, -0.15) is 0 Å². The third-order valence-corrected chi connectivity index (χ3v) is 4.15. The first-order valence-corrected chi connectivity index (χ1v) is 6.14. The van der Waals surface area contributed by atoms with Crippen LogP contribution in [0.2, 0.25) is 0 Å². The summed E-state index contributed by atoms with van der Waals surface area (Å²) >= 11 is 0. The van der Waals surface area contributed by atoms with Crippen LogP contribution in [0.1, 0.15) is 36.2 Å². The normalized spacial score (nSPS) is 31.9. The van der Waals surface area contributed by atoms with Crippen LogP contribution in [0.5, 0.6) is 0 Å². The molecule has 2 aliphatic carbocycles. The zero-order valence-corrected chi connectivity index (χ0v) is 9.32. The number of carbonyl (C=O) groups is 1. The molecule has 1 heterocycles. The van der Waals surface area contributed by atoms with Crippen molar-refractivity contribution in [2.75, 3.05) is 6.54 Å². The van der Waals surface area contributed by atoms with Crippen LogP contribution in [0.3, 0.4) is 0 Å². The zero-order valence-electron chi connectivity index (χ0n) is 9.32. The Morgan fingerprint density at radius 3 is 3.00 bits per heavy atom. The maximum atomic E-state index is 11.7. The summed E-state index contributed by atoms with van der Waals surface area (Å²) in [4.78, 5) is 11.7. The molecule has 1 N–H and O–H groups in total. The number of furan rings is 1. The Kier molecular flexibility index (Phi) is 2.46. The van der Waals surface area contributed by atoms with E-state index in [4.69, 9.17) is 4.42 Å². The Morgan fingerprint density at radius 2 is 2.38 bits per heavy atom. The van der Waals surface area contributed by atoms with Crippen LogP contribution >= 0.6 is 0 Å². The molecule has 0 spiro atoms. The van der Waals surface area contributed by atoms with Crippen molar-refractivity contribution in [1.82, 2.24) is 5.32 Å². The Balaban J connectivity index is 1.52. The molecule has 2 saturated carbocycles. The SMILES string of the molecule is O=C(NC[C@@H]1C[C@H]2CC[C@H]1C2)c1ccco1. The fourth-order valence-electron chi connectivity index (χ4n) is 3.35. The average molecular weight is 219 g/mol. The van der Waals surface area contributed by atoms with Gasteiger partial charge in [0.15, 0.2) is 5.76 Å². The molecule has 1 aromatic rings. The van der Waals surface area contributed by atoms with Gasteiger partial charge in [-0.25, -0.2) is 0 Å². The minimum Gasteiger partial charge on any atom is -0.459 e. The lowest BCUT2D eigenvalue weighted by Crippen LogP contribution is -2.31. The van der Waals surface area contributed by atoms with Gasteiger partial charge in [0.2, 0.25) is 0 Å². The van der Waals surface area contributed by atoms with E-state index in [2.05, 4.69) is 5.32 Å². The highest BCUT2D eigenvalue weighted by molar-refractivity contribution is 5.91. The second-order valence-corrected chi connectivity index (χ2v) is 5.12. The van der Waals surface area contributed by atoms with Gasteiger partial charge >= 0.3 is 0 Å². The van der Waals surface area contributed by atoms with Gasteiger partial charge in [0.05, 0.1) is 6.26 Å². The number of nitrogens with one attached hydrogen (secondary N) is 1. The molecule has 1 aromatic heterocycles. The first-order valence-electron chi connectivity index (χ1n) is 6.14. The van der Waals surface area contributed by atoms with Gasteiger partial charge in [0, 0.05) is 6.54 Å². The summed E-state index contributed by atoms with van der Waals surface area (Å²) in [5.41, 5.74) is 0. The van der Waals surface area contributed by atoms with Crippen LogP contribution in [0.25, 0.3) is 0 Å². The maximum Gasteiger partial charge on any atom is 0.286 e. The molecule has 2 fully saturated rings. The molecule has 3 heteroatoms. The highest BCUT2D eigenvalue weighted by atomic mass is 16.3. The summed E-state index contributed by atoms with van der Waals surface area (Å²) in [6.07, 6.45) is 7.01. The predicted octanol–water partition coefficient (Wildman–Crippen LogP) is 2.45. The molecule has 3 atom stereocenters. The van der Waals surface area contributed by atoms with Crippen molar-refractivity contribution in [2.24, 2.45) is 17.8 Å². The van der Waals surface area contributed by atoms with Crippen LogP contribution in [0.4, 0.5) is 0 Å². The molecule has 3 rings (SSSR count). The van der Waals surface area contributed by atoms with Crippen molar-refractivity contribution in [3.8, 4) is 0 Å². The van der Waals surface area contributed by atoms with E-state index in [9.17, 15) is 4.79 Å². The van der Waals surface area contributed by atoms with Crippen molar-refractivity contribution < 1.29 is 9.21 Å². The van der Waals surface area contributed by atoms with E-state index in [0.717, 1.165) is 18.4 Å². The smallest absolute Gasteiger partial charge is 0.286 e. The van der Waals surface area contributed by atoms with E-state index in [-0.39, 0.29) is 5.91 Å². The number of amides is 1. The average Bonchev–Trinajstić information content (AvgIpc) is 3.01. The second kappa shape index (κ2) is 3.96. The summed E-state index contributed by atoms with van der Waals surface area (Å²) in [6, 6.07) is 3.45. The Morgan fingerprint density at radius 1 is 1.44 bits per heavy atom. The molecule has 16 heavy (non-hydrogen) atoms. The molecule has 0 saturated heterocycles. The fraction of sp³-hybridized carbons (Fsp3) is 0.615. The first kappa shape index (κ1) is 9.94. The molecule has 2 aliphatic rings. The van der Waals surface area contributed by atoms with E-state index in [1.54, 1.807) is 12.1 Å². The summed E-state index contributed by atoms with van der Waals surface area (Å²) < 4.78 is 5.06. The van der Waals surface area contributed by atoms with Gasteiger partial charge < -0.3 is 9.73 Å². The fourth-order valence-corrected chi connectivity index (χ4v) is 3.35. The maximum absolute atomic E-state index is 11.7. The third kappa shape index (κ3) is 1.75. The summed E-state index contributed by atoms with van der Waals surface area (Å²) in [5, 5.41) is 2.98. The number of hydrogen-bond acceptors (Lipinski definition) is 2. The molecule has 0 radical (unpaired) electrons. The van der Waals surface area contributed by atoms with Crippen molar-refractivity contribution in [3.63, 3.8) is 0 Å². The van der Waals surface area contributed by atoms with Crippen molar-refractivity contribution >= 4 is 5.91 Å². The molecule has 2 bridgehead atoms. The van der Waals surface area contributed by atoms with E-state index in [0.29, 0.717) is 11.7 Å². The molecular formula is C13H17NO2. The number of rotatable bonds is 3. The van der Waals surface area contributed by atoms with E-state index in [1.165, 1.54) is 31.9 Å². The van der Waals surface area contributed by atoms with Gasteiger partial charge in [-0.3, -0.25) is 4.79 Å². The molecular weight excluding hydrogens is 202 g/mol. The molecule has 1 amide bonds. The van der Waals surface area contributed by atoms with Gasteiger partial charge in [-0.15, -0.1) is 0 Å². The first-order chi connectivity index (χ1) is 7.83. The van der Waals surface area contributed by atoms with Crippen LogP contribution in [-0.4, -0.2) is 12.5 Å². The minimum absolute atomic E-state index is 0.0761. The van der Waals surface area contributed by atoms with E-state index >= 15 is 0 Å². The topological polar surface area (TPSA) is 42.2 Å². The van der Waals surface area contributed by atoms with Gasteiger partial charge in [0.1, 0.15) is 0 Å². The standard InChI is InChI=1S/C13H17NO2/c15-13(12-2-1-5-16-12)14-8-11-7-9-3-4-10(11)6-9/h1-2,5,9-11H,3-4,6-8H2,(H,14,15)/t9-,10-,11-/m0/s1. The van der Waals surface area contributed by atoms with Gasteiger partial charge in [0.25, 0.3) is 5.91 Å². The van der Waals surface area contributed by atoms with Crippen molar-refractivity contribution in [2.45, 2.75) is 25.7 Å². The molecule has 0 aromatic carbocycles. The molecule has 86 valence electrons. The van der Waals surface area contributed by atoms with E-state index < -0.39 is 0 Å². The van der Waals surface area contributed by atoms with Crippen LogP contribution in [0, 0.1) is 17.8 Å². The van der Waals surface area contributed by atoms with E-state index in [1.807, 2.05) is 0 Å². The Hall–Kier alpha value is -1.25. The molecule has 0 aliphatic heterocycles. The largest absolute Gasteiger partial charge is 0.459 e. The Labute approximate surface area is 95.2 Å². The number of fused-ring (bicyclic) bond motifs is 2.